The van der Waals surface area contributed by atoms with Gasteiger partial charge in [0.15, 0.2) is 0 Å². The molecule has 0 atom stereocenters. The Bertz CT molecular complexity index is 603. The standard InChI is InChI=1S/C13H14N4S/c14-12(18)13-15-8-17(16-13)7-9-4-5-10-2-1-3-11(10)6-9/h4-6,8H,1-3,7H2,(H2,14,18). The number of fused-ring (bicyclic) bond motifs is 1. The Morgan fingerprint density at radius 3 is 2.94 bits per heavy atom. The molecule has 2 N–H and O–H groups in total. The van der Waals surface area contributed by atoms with E-state index in [9.17, 15) is 0 Å². The summed E-state index contributed by atoms with van der Waals surface area (Å²) in [6, 6.07) is 6.65. The second-order valence-corrected chi connectivity index (χ2v) is 5.03. The molecule has 1 aromatic carbocycles. The van der Waals surface area contributed by atoms with Gasteiger partial charge in [-0.05, 0) is 36.0 Å². The number of benzene rings is 1. The predicted molar refractivity (Wildman–Crippen MR) is 73.5 cm³/mol. The molecule has 0 fully saturated rings. The minimum atomic E-state index is 0.239. The largest absolute Gasteiger partial charge is 0.387 e. The lowest BCUT2D eigenvalue weighted by Crippen LogP contribution is -2.12. The van der Waals surface area contributed by atoms with E-state index < -0.39 is 0 Å². The maximum Gasteiger partial charge on any atom is 0.208 e. The lowest BCUT2D eigenvalue weighted by atomic mass is 10.1. The van der Waals surface area contributed by atoms with Crippen LogP contribution in [0.15, 0.2) is 24.5 Å². The number of aryl methyl sites for hydroxylation is 2. The zero-order chi connectivity index (χ0) is 12.5. The van der Waals surface area contributed by atoms with Crippen LogP contribution in [0.5, 0.6) is 0 Å². The number of hydrogen-bond acceptors (Lipinski definition) is 3. The highest BCUT2D eigenvalue weighted by molar-refractivity contribution is 7.80. The highest BCUT2D eigenvalue weighted by Crippen LogP contribution is 2.23. The minimum Gasteiger partial charge on any atom is -0.387 e. The van der Waals surface area contributed by atoms with Crippen molar-refractivity contribution in [2.75, 3.05) is 0 Å². The first-order chi connectivity index (χ1) is 8.72. The molecule has 0 aliphatic heterocycles. The fourth-order valence-electron chi connectivity index (χ4n) is 2.39. The van der Waals surface area contributed by atoms with E-state index in [-0.39, 0.29) is 4.99 Å². The van der Waals surface area contributed by atoms with Gasteiger partial charge in [-0.2, -0.15) is 0 Å². The third-order valence-corrected chi connectivity index (χ3v) is 3.45. The summed E-state index contributed by atoms with van der Waals surface area (Å²) >= 11 is 4.84. The number of nitrogens with zero attached hydrogens (tertiary/aromatic N) is 3. The maximum absolute atomic E-state index is 5.49. The number of hydrogen-bond donors (Lipinski definition) is 1. The monoisotopic (exact) mass is 258 g/mol. The molecule has 18 heavy (non-hydrogen) atoms. The second kappa shape index (κ2) is 4.49. The summed E-state index contributed by atoms with van der Waals surface area (Å²) in [6.07, 6.45) is 5.35. The van der Waals surface area contributed by atoms with Crippen LogP contribution in [-0.2, 0) is 19.4 Å². The molecule has 5 heteroatoms. The lowest BCUT2D eigenvalue weighted by Gasteiger charge is -2.04. The number of nitrogens with two attached hydrogens (primary N) is 1. The molecular formula is C13H14N4S. The Labute approximate surface area is 111 Å². The van der Waals surface area contributed by atoms with Crippen molar-refractivity contribution in [2.24, 2.45) is 5.73 Å². The van der Waals surface area contributed by atoms with E-state index >= 15 is 0 Å². The fraction of sp³-hybridized carbons (Fsp3) is 0.308. The maximum atomic E-state index is 5.49. The summed E-state index contributed by atoms with van der Waals surface area (Å²) in [5.74, 6) is 0.436. The van der Waals surface area contributed by atoms with Crippen molar-refractivity contribution in [1.29, 1.82) is 0 Å². The van der Waals surface area contributed by atoms with Crippen molar-refractivity contribution in [3.63, 3.8) is 0 Å². The Kier molecular flexibility index (Phi) is 2.83. The third-order valence-electron chi connectivity index (χ3n) is 3.26. The first-order valence-corrected chi connectivity index (χ1v) is 6.43. The van der Waals surface area contributed by atoms with Gasteiger partial charge in [-0.15, -0.1) is 5.10 Å². The van der Waals surface area contributed by atoms with Crippen LogP contribution in [0.1, 0.15) is 28.9 Å². The minimum absolute atomic E-state index is 0.239. The Balaban J connectivity index is 1.81. The van der Waals surface area contributed by atoms with Crippen LogP contribution in [-0.4, -0.2) is 19.8 Å². The number of rotatable bonds is 3. The Hall–Kier alpha value is -1.75. The third kappa shape index (κ3) is 2.13. The summed E-state index contributed by atoms with van der Waals surface area (Å²) in [5.41, 5.74) is 9.69. The average Bonchev–Trinajstić information content (AvgIpc) is 2.96. The molecule has 0 saturated heterocycles. The smallest absolute Gasteiger partial charge is 0.208 e. The van der Waals surface area contributed by atoms with E-state index in [1.54, 1.807) is 11.0 Å². The SMILES string of the molecule is NC(=S)c1ncn(Cc2ccc3c(c2)CCC3)n1. The van der Waals surface area contributed by atoms with Gasteiger partial charge in [0.2, 0.25) is 5.82 Å². The molecule has 0 amide bonds. The van der Waals surface area contributed by atoms with E-state index in [0.29, 0.717) is 12.4 Å². The zero-order valence-electron chi connectivity index (χ0n) is 9.97. The molecule has 0 unspecified atom stereocenters. The number of aromatic nitrogens is 3. The molecule has 0 spiro atoms. The van der Waals surface area contributed by atoms with Gasteiger partial charge >= 0.3 is 0 Å². The van der Waals surface area contributed by atoms with Gasteiger partial charge in [-0.1, -0.05) is 30.4 Å². The quantitative estimate of drug-likeness (QED) is 0.847. The molecule has 0 bridgehead atoms. The lowest BCUT2D eigenvalue weighted by molar-refractivity contribution is 0.683. The van der Waals surface area contributed by atoms with Crippen LogP contribution in [0.4, 0.5) is 0 Å². The van der Waals surface area contributed by atoms with Crippen molar-refractivity contribution in [1.82, 2.24) is 14.8 Å². The van der Waals surface area contributed by atoms with E-state index in [1.165, 1.54) is 36.0 Å². The Morgan fingerprint density at radius 1 is 1.33 bits per heavy atom. The second-order valence-electron chi connectivity index (χ2n) is 4.59. The van der Waals surface area contributed by atoms with Gasteiger partial charge < -0.3 is 5.73 Å². The molecule has 92 valence electrons. The first kappa shape index (κ1) is 11.3. The van der Waals surface area contributed by atoms with Crippen LogP contribution in [0.2, 0.25) is 0 Å². The molecule has 4 nitrogen and oxygen atoms in total. The summed E-state index contributed by atoms with van der Waals surface area (Å²) < 4.78 is 1.77. The fourth-order valence-corrected chi connectivity index (χ4v) is 2.49. The molecule has 2 aromatic rings. The molecule has 0 radical (unpaired) electrons. The van der Waals surface area contributed by atoms with E-state index in [0.717, 1.165) is 0 Å². The predicted octanol–water partition coefficient (Wildman–Crippen LogP) is 1.45. The topological polar surface area (TPSA) is 56.7 Å². The molecular weight excluding hydrogens is 244 g/mol. The van der Waals surface area contributed by atoms with Gasteiger partial charge in [0.25, 0.3) is 0 Å². The van der Waals surface area contributed by atoms with Gasteiger partial charge in [0, 0.05) is 0 Å². The average molecular weight is 258 g/mol. The van der Waals surface area contributed by atoms with Crippen LogP contribution >= 0.6 is 12.2 Å². The van der Waals surface area contributed by atoms with Crippen LogP contribution in [0.25, 0.3) is 0 Å². The van der Waals surface area contributed by atoms with Gasteiger partial charge in [-0.25, -0.2) is 9.67 Å². The van der Waals surface area contributed by atoms with Crippen molar-refractivity contribution in [3.8, 4) is 0 Å². The molecule has 1 aliphatic rings. The van der Waals surface area contributed by atoms with Gasteiger partial charge in [-0.3, -0.25) is 0 Å². The first-order valence-electron chi connectivity index (χ1n) is 6.02. The molecule has 1 aliphatic carbocycles. The summed E-state index contributed by atoms with van der Waals surface area (Å²) in [5, 5.41) is 4.24. The van der Waals surface area contributed by atoms with Crippen LogP contribution in [0.3, 0.4) is 0 Å². The molecule has 3 rings (SSSR count). The highest BCUT2D eigenvalue weighted by Gasteiger charge is 2.11. The summed E-state index contributed by atoms with van der Waals surface area (Å²) in [7, 11) is 0. The van der Waals surface area contributed by atoms with Crippen molar-refractivity contribution >= 4 is 17.2 Å². The Morgan fingerprint density at radius 2 is 2.17 bits per heavy atom. The van der Waals surface area contributed by atoms with Gasteiger partial charge in [0.1, 0.15) is 11.3 Å². The van der Waals surface area contributed by atoms with Crippen molar-refractivity contribution in [3.05, 3.63) is 47.0 Å². The summed E-state index contributed by atoms with van der Waals surface area (Å²) in [4.78, 5) is 4.31. The van der Waals surface area contributed by atoms with Crippen molar-refractivity contribution < 1.29 is 0 Å². The number of thiocarbonyl (C=S) groups is 1. The summed E-state index contributed by atoms with van der Waals surface area (Å²) in [6.45, 7) is 0.711. The normalized spacial score (nSPS) is 13.6. The van der Waals surface area contributed by atoms with Crippen LogP contribution in [0, 0.1) is 0 Å². The van der Waals surface area contributed by atoms with Crippen LogP contribution < -0.4 is 5.73 Å². The molecule has 0 saturated carbocycles. The van der Waals surface area contributed by atoms with E-state index in [4.69, 9.17) is 18.0 Å². The van der Waals surface area contributed by atoms with Gasteiger partial charge in [0.05, 0.1) is 6.54 Å². The molecule has 1 heterocycles. The zero-order valence-corrected chi connectivity index (χ0v) is 10.8. The highest BCUT2D eigenvalue weighted by atomic mass is 32.1. The molecule has 1 aromatic heterocycles. The van der Waals surface area contributed by atoms with E-state index in [1.807, 2.05) is 0 Å². The van der Waals surface area contributed by atoms with Crippen molar-refractivity contribution in [2.45, 2.75) is 25.8 Å². The van der Waals surface area contributed by atoms with E-state index in [2.05, 4.69) is 28.3 Å².